The van der Waals surface area contributed by atoms with Gasteiger partial charge in [-0.25, -0.2) is 0 Å². The van der Waals surface area contributed by atoms with Crippen molar-refractivity contribution in [1.82, 2.24) is 0 Å². The molecule has 1 atom stereocenters. The van der Waals surface area contributed by atoms with Crippen LogP contribution in [0.3, 0.4) is 0 Å². The number of ether oxygens (including phenoxy) is 1. The standard InChI is InChI=1S/C11H11F5O2/c1-18-8-4-2-3-7(5-8)9(17)6-10(12,13)11(14,15)16/h2-5,9,17H,6H2,1H3. The summed E-state index contributed by atoms with van der Waals surface area (Å²) in [7, 11) is 1.32. The molecule has 0 spiro atoms. The molecule has 0 fully saturated rings. The van der Waals surface area contributed by atoms with Crippen molar-refractivity contribution in [3.8, 4) is 5.75 Å². The Morgan fingerprint density at radius 1 is 1.22 bits per heavy atom. The summed E-state index contributed by atoms with van der Waals surface area (Å²) in [5, 5.41) is 9.40. The first-order valence-corrected chi connectivity index (χ1v) is 4.94. The van der Waals surface area contributed by atoms with Gasteiger partial charge >= 0.3 is 12.1 Å². The predicted molar refractivity (Wildman–Crippen MR) is 53.6 cm³/mol. The highest BCUT2D eigenvalue weighted by Crippen LogP contribution is 2.41. The maximum atomic E-state index is 12.7. The normalized spacial score (nSPS) is 14.4. The second kappa shape index (κ2) is 5.09. The van der Waals surface area contributed by atoms with Crippen LogP contribution >= 0.6 is 0 Å². The van der Waals surface area contributed by atoms with Gasteiger partial charge in [-0.1, -0.05) is 12.1 Å². The number of hydrogen-bond donors (Lipinski definition) is 1. The van der Waals surface area contributed by atoms with Gasteiger partial charge in [0.25, 0.3) is 0 Å². The van der Waals surface area contributed by atoms with E-state index in [1.54, 1.807) is 0 Å². The molecule has 0 aliphatic rings. The lowest BCUT2D eigenvalue weighted by Gasteiger charge is -2.22. The molecule has 0 aliphatic carbocycles. The minimum absolute atomic E-state index is 0.0572. The molecule has 1 aromatic rings. The fraction of sp³-hybridized carbons (Fsp3) is 0.455. The van der Waals surface area contributed by atoms with E-state index < -0.39 is 24.6 Å². The zero-order chi connectivity index (χ0) is 14.0. The van der Waals surface area contributed by atoms with E-state index in [9.17, 15) is 27.1 Å². The Balaban J connectivity index is 2.85. The number of hydrogen-bond acceptors (Lipinski definition) is 2. The lowest BCUT2D eigenvalue weighted by Crippen LogP contribution is -2.37. The zero-order valence-electron chi connectivity index (χ0n) is 9.34. The van der Waals surface area contributed by atoms with Crippen LogP contribution in [0, 0.1) is 0 Å². The van der Waals surface area contributed by atoms with Crippen molar-refractivity contribution < 1.29 is 31.8 Å². The fourth-order valence-electron chi connectivity index (χ4n) is 1.33. The topological polar surface area (TPSA) is 29.5 Å². The molecule has 0 saturated carbocycles. The molecule has 1 rings (SSSR count). The Labute approximate surface area is 100.0 Å². The molecule has 0 saturated heterocycles. The van der Waals surface area contributed by atoms with Crippen LogP contribution in [0.15, 0.2) is 24.3 Å². The van der Waals surface area contributed by atoms with Gasteiger partial charge in [-0.2, -0.15) is 22.0 Å². The van der Waals surface area contributed by atoms with Crippen molar-refractivity contribution in [1.29, 1.82) is 0 Å². The first-order valence-electron chi connectivity index (χ1n) is 4.94. The molecular formula is C11H11F5O2. The van der Waals surface area contributed by atoms with Crippen LogP contribution < -0.4 is 4.74 Å². The number of alkyl halides is 5. The third-order valence-corrected chi connectivity index (χ3v) is 2.34. The molecule has 0 aliphatic heterocycles. The number of aliphatic hydroxyl groups is 1. The molecule has 1 N–H and O–H groups in total. The lowest BCUT2D eigenvalue weighted by atomic mass is 10.0. The van der Waals surface area contributed by atoms with Gasteiger partial charge in [0.2, 0.25) is 0 Å². The third kappa shape index (κ3) is 3.32. The van der Waals surface area contributed by atoms with Crippen molar-refractivity contribution in [3.05, 3.63) is 29.8 Å². The van der Waals surface area contributed by atoms with Gasteiger partial charge in [0.05, 0.1) is 19.6 Å². The molecule has 0 radical (unpaired) electrons. The highest BCUT2D eigenvalue weighted by atomic mass is 19.4. The quantitative estimate of drug-likeness (QED) is 0.850. The second-order valence-corrected chi connectivity index (χ2v) is 3.70. The van der Waals surface area contributed by atoms with Crippen LogP contribution in [0.25, 0.3) is 0 Å². The minimum atomic E-state index is -5.67. The average molecular weight is 270 g/mol. The predicted octanol–water partition coefficient (Wildman–Crippen LogP) is 3.32. The lowest BCUT2D eigenvalue weighted by molar-refractivity contribution is -0.290. The van der Waals surface area contributed by atoms with E-state index in [2.05, 4.69) is 0 Å². The van der Waals surface area contributed by atoms with Gasteiger partial charge in [-0.15, -0.1) is 0 Å². The van der Waals surface area contributed by atoms with Gasteiger partial charge in [0.1, 0.15) is 5.75 Å². The van der Waals surface area contributed by atoms with Crippen molar-refractivity contribution in [2.45, 2.75) is 24.6 Å². The summed E-state index contributed by atoms with van der Waals surface area (Å²) in [6, 6.07) is 5.33. The van der Waals surface area contributed by atoms with E-state index in [0.717, 1.165) is 0 Å². The monoisotopic (exact) mass is 270 g/mol. The third-order valence-electron chi connectivity index (χ3n) is 2.34. The largest absolute Gasteiger partial charge is 0.497 e. The minimum Gasteiger partial charge on any atom is -0.497 e. The highest BCUT2D eigenvalue weighted by molar-refractivity contribution is 5.29. The number of benzene rings is 1. The molecule has 1 aromatic carbocycles. The molecular weight excluding hydrogens is 259 g/mol. The first kappa shape index (κ1) is 14.7. The average Bonchev–Trinajstić information content (AvgIpc) is 2.27. The van der Waals surface area contributed by atoms with Crippen LogP contribution in [0.4, 0.5) is 22.0 Å². The summed E-state index contributed by atoms with van der Waals surface area (Å²) in [5.41, 5.74) is -0.0572. The van der Waals surface area contributed by atoms with Crippen LogP contribution in [0.2, 0.25) is 0 Å². The van der Waals surface area contributed by atoms with E-state index >= 15 is 0 Å². The Morgan fingerprint density at radius 3 is 2.33 bits per heavy atom. The molecule has 2 nitrogen and oxygen atoms in total. The summed E-state index contributed by atoms with van der Waals surface area (Å²) < 4.78 is 66.2. The van der Waals surface area contributed by atoms with Crippen LogP contribution in [-0.2, 0) is 0 Å². The first-order chi connectivity index (χ1) is 8.17. The highest BCUT2D eigenvalue weighted by Gasteiger charge is 2.58. The SMILES string of the molecule is COc1cccc(C(O)CC(F)(F)C(F)(F)F)c1. The van der Waals surface area contributed by atoms with E-state index in [-0.39, 0.29) is 11.3 Å². The molecule has 0 heterocycles. The van der Waals surface area contributed by atoms with Gasteiger partial charge in [0, 0.05) is 0 Å². The number of methoxy groups -OCH3 is 1. The number of rotatable bonds is 4. The molecule has 0 aromatic heterocycles. The maximum Gasteiger partial charge on any atom is 0.453 e. The van der Waals surface area contributed by atoms with Crippen molar-refractivity contribution in [2.75, 3.05) is 7.11 Å². The maximum absolute atomic E-state index is 12.7. The van der Waals surface area contributed by atoms with Gasteiger partial charge in [0.15, 0.2) is 0 Å². The molecule has 0 bridgehead atoms. The Kier molecular flexibility index (Phi) is 4.16. The molecule has 1 unspecified atom stereocenters. The Hall–Kier alpha value is -1.37. The van der Waals surface area contributed by atoms with E-state index in [1.165, 1.54) is 31.4 Å². The summed E-state index contributed by atoms with van der Waals surface area (Å²) in [5.74, 6) is -4.67. The molecule has 102 valence electrons. The van der Waals surface area contributed by atoms with Crippen LogP contribution in [0.1, 0.15) is 18.1 Å². The van der Waals surface area contributed by atoms with E-state index in [4.69, 9.17) is 4.74 Å². The number of aliphatic hydroxyl groups excluding tert-OH is 1. The smallest absolute Gasteiger partial charge is 0.453 e. The fourth-order valence-corrected chi connectivity index (χ4v) is 1.33. The molecule has 18 heavy (non-hydrogen) atoms. The van der Waals surface area contributed by atoms with E-state index in [1.807, 2.05) is 0 Å². The van der Waals surface area contributed by atoms with Crippen LogP contribution in [0.5, 0.6) is 5.75 Å². The van der Waals surface area contributed by atoms with Gasteiger partial charge < -0.3 is 9.84 Å². The summed E-state index contributed by atoms with van der Waals surface area (Å²) in [4.78, 5) is 0. The summed E-state index contributed by atoms with van der Waals surface area (Å²) in [6.07, 6.45) is -9.31. The zero-order valence-corrected chi connectivity index (χ0v) is 9.34. The van der Waals surface area contributed by atoms with E-state index in [0.29, 0.717) is 0 Å². The Bertz CT molecular complexity index is 403. The number of halogens is 5. The van der Waals surface area contributed by atoms with Crippen molar-refractivity contribution >= 4 is 0 Å². The summed E-state index contributed by atoms with van der Waals surface area (Å²) >= 11 is 0. The molecule has 7 heteroatoms. The van der Waals surface area contributed by atoms with Crippen LogP contribution in [-0.4, -0.2) is 24.3 Å². The molecule has 0 amide bonds. The van der Waals surface area contributed by atoms with Crippen molar-refractivity contribution in [2.24, 2.45) is 0 Å². The van der Waals surface area contributed by atoms with Crippen molar-refractivity contribution in [3.63, 3.8) is 0 Å². The second-order valence-electron chi connectivity index (χ2n) is 3.70. The summed E-state index contributed by atoms with van der Waals surface area (Å²) in [6.45, 7) is 0. The van der Waals surface area contributed by atoms with Gasteiger partial charge in [-0.05, 0) is 17.7 Å². The Morgan fingerprint density at radius 2 is 1.83 bits per heavy atom. The van der Waals surface area contributed by atoms with Gasteiger partial charge in [-0.3, -0.25) is 0 Å².